The normalized spacial score (nSPS) is 14.5. The zero-order valence-electron chi connectivity index (χ0n) is 10.3. The van der Waals surface area contributed by atoms with Crippen LogP contribution in [-0.4, -0.2) is 15.0 Å². The van der Waals surface area contributed by atoms with Gasteiger partial charge in [-0.3, -0.25) is 0 Å². The second-order valence-corrected chi connectivity index (χ2v) is 6.07. The molecular weight excluding hydrogens is 260 g/mol. The van der Waals surface area contributed by atoms with Gasteiger partial charge in [0, 0.05) is 12.2 Å². The van der Waals surface area contributed by atoms with Crippen molar-refractivity contribution in [2.75, 3.05) is 11.4 Å². The number of para-hydroxylation sites is 2. The van der Waals surface area contributed by atoms with Crippen molar-refractivity contribution in [2.24, 2.45) is 5.14 Å². The van der Waals surface area contributed by atoms with Crippen molar-refractivity contribution in [1.82, 2.24) is 0 Å². The van der Waals surface area contributed by atoms with Crippen molar-refractivity contribution in [3.8, 4) is 0 Å². The second kappa shape index (κ2) is 4.36. The average Bonchev–Trinajstić information content (AvgIpc) is 2.81. The Bertz CT molecular complexity index is 726. The molecule has 0 aromatic heterocycles. The van der Waals surface area contributed by atoms with E-state index in [9.17, 15) is 8.42 Å². The van der Waals surface area contributed by atoms with Crippen LogP contribution in [0.2, 0.25) is 0 Å². The SMILES string of the molecule is NS(=O)(=O)c1ccccc1N1CCc2ccccc21. The molecule has 0 bridgehead atoms. The van der Waals surface area contributed by atoms with Gasteiger partial charge in [0.05, 0.1) is 5.69 Å². The van der Waals surface area contributed by atoms with E-state index in [-0.39, 0.29) is 4.90 Å². The van der Waals surface area contributed by atoms with Crippen LogP contribution >= 0.6 is 0 Å². The lowest BCUT2D eigenvalue weighted by molar-refractivity contribution is 0.598. The lowest BCUT2D eigenvalue weighted by atomic mass is 10.2. The Morgan fingerprint density at radius 2 is 1.58 bits per heavy atom. The largest absolute Gasteiger partial charge is 0.340 e. The van der Waals surface area contributed by atoms with Gasteiger partial charge in [-0.05, 0) is 30.2 Å². The molecule has 0 unspecified atom stereocenters. The lowest BCUT2D eigenvalue weighted by Gasteiger charge is -2.21. The monoisotopic (exact) mass is 274 g/mol. The van der Waals surface area contributed by atoms with Crippen LogP contribution in [0.4, 0.5) is 11.4 Å². The molecule has 4 nitrogen and oxygen atoms in total. The Hall–Kier alpha value is -1.85. The predicted molar refractivity (Wildman–Crippen MR) is 75.0 cm³/mol. The molecule has 0 atom stereocenters. The van der Waals surface area contributed by atoms with Gasteiger partial charge in [-0.25, -0.2) is 13.6 Å². The molecule has 0 saturated carbocycles. The van der Waals surface area contributed by atoms with Crippen LogP contribution in [0.15, 0.2) is 53.4 Å². The zero-order chi connectivity index (χ0) is 13.5. The number of rotatable bonds is 2. The smallest absolute Gasteiger partial charge is 0.240 e. The van der Waals surface area contributed by atoms with E-state index < -0.39 is 10.0 Å². The molecule has 0 spiro atoms. The second-order valence-electron chi connectivity index (χ2n) is 4.54. The van der Waals surface area contributed by atoms with Gasteiger partial charge in [-0.1, -0.05) is 30.3 Å². The molecule has 98 valence electrons. The molecule has 5 heteroatoms. The zero-order valence-corrected chi connectivity index (χ0v) is 11.1. The van der Waals surface area contributed by atoms with E-state index in [0.717, 1.165) is 18.7 Å². The molecule has 2 aromatic rings. The third-order valence-corrected chi connectivity index (χ3v) is 4.31. The van der Waals surface area contributed by atoms with Crippen LogP contribution in [0.3, 0.4) is 0 Å². The molecule has 1 heterocycles. The molecular formula is C14H14N2O2S. The van der Waals surface area contributed by atoms with Crippen molar-refractivity contribution in [1.29, 1.82) is 0 Å². The Kier molecular flexibility index (Phi) is 2.80. The first-order valence-electron chi connectivity index (χ1n) is 6.04. The summed E-state index contributed by atoms with van der Waals surface area (Å²) < 4.78 is 23.3. The molecule has 19 heavy (non-hydrogen) atoms. The first-order chi connectivity index (χ1) is 9.07. The van der Waals surface area contributed by atoms with E-state index in [1.54, 1.807) is 18.2 Å². The Morgan fingerprint density at radius 3 is 2.32 bits per heavy atom. The molecule has 1 aliphatic rings. The third-order valence-electron chi connectivity index (χ3n) is 3.35. The van der Waals surface area contributed by atoms with Gasteiger partial charge in [-0.2, -0.15) is 0 Å². The standard InChI is InChI=1S/C14H14N2O2S/c15-19(17,18)14-8-4-3-7-13(14)16-10-9-11-5-1-2-6-12(11)16/h1-8H,9-10H2,(H2,15,17,18). The average molecular weight is 274 g/mol. The Balaban J connectivity index is 2.16. The van der Waals surface area contributed by atoms with Gasteiger partial charge in [0.25, 0.3) is 0 Å². The topological polar surface area (TPSA) is 63.4 Å². The van der Waals surface area contributed by atoms with Crippen LogP contribution < -0.4 is 10.0 Å². The third kappa shape index (κ3) is 2.11. The number of fused-ring (bicyclic) bond motifs is 1. The molecule has 2 aromatic carbocycles. The molecule has 0 saturated heterocycles. The van der Waals surface area contributed by atoms with Gasteiger partial charge in [0.2, 0.25) is 10.0 Å². The fraction of sp³-hybridized carbons (Fsp3) is 0.143. The van der Waals surface area contributed by atoms with Gasteiger partial charge in [-0.15, -0.1) is 0 Å². The van der Waals surface area contributed by atoms with Gasteiger partial charge in [0.1, 0.15) is 4.90 Å². The van der Waals surface area contributed by atoms with Gasteiger partial charge >= 0.3 is 0 Å². The summed E-state index contributed by atoms with van der Waals surface area (Å²) in [4.78, 5) is 2.18. The van der Waals surface area contributed by atoms with E-state index in [1.165, 1.54) is 5.56 Å². The quantitative estimate of drug-likeness (QED) is 0.911. The Labute approximate surface area is 112 Å². The first kappa shape index (κ1) is 12.2. The number of nitrogens with two attached hydrogens (primary N) is 1. The first-order valence-corrected chi connectivity index (χ1v) is 7.59. The van der Waals surface area contributed by atoms with Crippen molar-refractivity contribution < 1.29 is 8.42 Å². The van der Waals surface area contributed by atoms with Crippen molar-refractivity contribution >= 4 is 21.4 Å². The van der Waals surface area contributed by atoms with Crippen LogP contribution in [0, 0.1) is 0 Å². The van der Waals surface area contributed by atoms with Crippen LogP contribution in [0.5, 0.6) is 0 Å². The minimum atomic E-state index is -3.72. The number of hydrogen-bond donors (Lipinski definition) is 1. The molecule has 0 aliphatic carbocycles. The summed E-state index contributed by atoms with van der Waals surface area (Å²) in [5, 5.41) is 5.29. The highest BCUT2D eigenvalue weighted by Gasteiger charge is 2.24. The van der Waals surface area contributed by atoms with Crippen LogP contribution in [0.25, 0.3) is 0 Å². The van der Waals surface area contributed by atoms with E-state index in [0.29, 0.717) is 5.69 Å². The van der Waals surface area contributed by atoms with Crippen LogP contribution in [0.1, 0.15) is 5.56 Å². The van der Waals surface area contributed by atoms with Crippen LogP contribution in [-0.2, 0) is 16.4 Å². The maximum absolute atomic E-state index is 11.7. The fourth-order valence-corrected chi connectivity index (χ4v) is 3.25. The van der Waals surface area contributed by atoms with E-state index in [1.807, 2.05) is 29.2 Å². The summed E-state index contributed by atoms with van der Waals surface area (Å²) in [6.07, 6.45) is 0.912. The lowest BCUT2D eigenvalue weighted by Crippen LogP contribution is -2.20. The number of benzene rings is 2. The number of primary sulfonamides is 1. The summed E-state index contributed by atoms with van der Waals surface area (Å²) in [6, 6.07) is 14.9. The summed E-state index contributed by atoms with van der Waals surface area (Å²) in [5.74, 6) is 0. The maximum Gasteiger partial charge on any atom is 0.240 e. The summed E-state index contributed by atoms with van der Waals surface area (Å²) in [5.41, 5.74) is 2.93. The highest BCUT2D eigenvalue weighted by atomic mass is 32.2. The van der Waals surface area contributed by atoms with Gasteiger partial charge in [0.15, 0.2) is 0 Å². The summed E-state index contributed by atoms with van der Waals surface area (Å²) in [6.45, 7) is 0.770. The molecule has 2 N–H and O–H groups in total. The Morgan fingerprint density at radius 1 is 0.947 bits per heavy atom. The van der Waals surface area contributed by atoms with Gasteiger partial charge < -0.3 is 4.90 Å². The summed E-state index contributed by atoms with van der Waals surface area (Å²) in [7, 11) is -3.72. The maximum atomic E-state index is 11.7. The van der Waals surface area contributed by atoms with E-state index in [4.69, 9.17) is 5.14 Å². The predicted octanol–water partition coefficient (Wildman–Crippen LogP) is 2.03. The van der Waals surface area contributed by atoms with E-state index in [2.05, 4.69) is 6.07 Å². The van der Waals surface area contributed by atoms with E-state index >= 15 is 0 Å². The van der Waals surface area contributed by atoms with Crippen molar-refractivity contribution in [3.05, 3.63) is 54.1 Å². The highest BCUT2D eigenvalue weighted by Crippen LogP contribution is 2.37. The minimum absolute atomic E-state index is 0.173. The molecule has 0 amide bonds. The number of nitrogens with zero attached hydrogens (tertiary/aromatic N) is 1. The number of sulfonamides is 1. The number of anilines is 2. The van der Waals surface area contributed by atoms with Crippen molar-refractivity contribution in [3.63, 3.8) is 0 Å². The molecule has 0 radical (unpaired) electrons. The summed E-state index contributed by atoms with van der Waals surface area (Å²) >= 11 is 0. The molecule has 1 aliphatic heterocycles. The molecule has 3 rings (SSSR count). The minimum Gasteiger partial charge on any atom is -0.340 e. The van der Waals surface area contributed by atoms with Crippen molar-refractivity contribution in [2.45, 2.75) is 11.3 Å². The fourth-order valence-electron chi connectivity index (χ4n) is 2.51. The highest BCUT2D eigenvalue weighted by molar-refractivity contribution is 7.89. The number of hydrogen-bond acceptors (Lipinski definition) is 3. The molecule has 0 fully saturated rings.